The minimum Gasteiger partial charge on any atom is -0.399 e. The Hall–Kier alpha value is -2.53. The van der Waals surface area contributed by atoms with Crippen molar-refractivity contribution in [2.24, 2.45) is 0 Å². The molecule has 2 heterocycles. The highest BCUT2D eigenvalue weighted by atomic mass is 127. The zero-order valence-corrected chi connectivity index (χ0v) is 22.5. The number of hydrogen-bond acceptors (Lipinski definition) is 4. The molecule has 2 unspecified atom stereocenters. The van der Waals surface area contributed by atoms with Crippen LogP contribution in [0.3, 0.4) is 0 Å². The van der Waals surface area contributed by atoms with E-state index in [1.807, 2.05) is 34.7 Å². The Morgan fingerprint density at radius 1 is 0.800 bits per heavy atom. The minimum absolute atomic E-state index is 0.0331. The van der Waals surface area contributed by atoms with Crippen molar-refractivity contribution < 1.29 is 8.42 Å². The second-order valence-corrected chi connectivity index (χ2v) is 11.9. The molecule has 35 heavy (non-hydrogen) atoms. The molecule has 0 spiro atoms. The molecule has 2 atom stereocenters. The molecule has 1 aromatic heterocycles. The van der Waals surface area contributed by atoms with Gasteiger partial charge in [0.1, 0.15) is 5.82 Å². The fourth-order valence-corrected chi connectivity index (χ4v) is 6.79. The lowest BCUT2D eigenvalue weighted by Gasteiger charge is -2.29. The Kier molecular flexibility index (Phi) is 6.33. The van der Waals surface area contributed by atoms with Crippen LogP contribution in [0.15, 0.2) is 94.6 Å². The standard InChI is InChI=1S/C25H18Cl2IN3O3S/c26-17-8-4-15(5-9-17)23-24(16-6-10-18(27)11-7-16)31(22-13-12-21(28)25(32)30(22)23)35(33,34)20-3-1-2-19(29)14-20/h1-14,23-24H,29H2. The van der Waals surface area contributed by atoms with Gasteiger partial charge in [-0.25, -0.2) is 12.7 Å². The first-order valence-electron chi connectivity index (χ1n) is 10.5. The molecule has 0 saturated carbocycles. The molecule has 1 aliphatic rings. The van der Waals surface area contributed by atoms with Gasteiger partial charge in [0.2, 0.25) is 0 Å². The number of anilines is 2. The summed E-state index contributed by atoms with van der Waals surface area (Å²) in [4.78, 5) is 13.5. The number of nitrogens with zero attached hydrogens (tertiary/aromatic N) is 2. The lowest BCUT2D eigenvalue weighted by atomic mass is 9.94. The third-order valence-electron chi connectivity index (χ3n) is 5.94. The summed E-state index contributed by atoms with van der Waals surface area (Å²) in [5.41, 5.74) is 7.38. The third-order valence-corrected chi connectivity index (χ3v) is 9.05. The van der Waals surface area contributed by atoms with Gasteiger partial charge in [-0.05, 0) is 88.3 Å². The van der Waals surface area contributed by atoms with Crippen LogP contribution in [-0.4, -0.2) is 13.0 Å². The number of halogens is 3. The van der Waals surface area contributed by atoms with E-state index in [1.54, 1.807) is 60.7 Å². The Morgan fingerprint density at radius 3 is 1.94 bits per heavy atom. The molecule has 0 amide bonds. The zero-order valence-electron chi connectivity index (χ0n) is 18.0. The topological polar surface area (TPSA) is 85.4 Å². The van der Waals surface area contributed by atoms with E-state index in [1.165, 1.54) is 21.0 Å². The van der Waals surface area contributed by atoms with E-state index >= 15 is 0 Å². The minimum atomic E-state index is -4.13. The van der Waals surface area contributed by atoms with Crippen LogP contribution in [0.5, 0.6) is 0 Å². The number of sulfonamides is 1. The Bertz CT molecular complexity index is 1590. The second-order valence-electron chi connectivity index (χ2n) is 8.08. The maximum Gasteiger partial charge on any atom is 0.266 e. The van der Waals surface area contributed by atoms with Gasteiger partial charge in [-0.3, -0.25) is 9.36 Å². The van der Waals surface area contributed by atoms with Crippen molar-refractivity contribution in [2.45, 2.75) is 17.0 Å². The van der Waals surface area contributed by atoms with Gasteiger partial charge in [0.05, 0.1) is 20.5 Å². The Balaban J connectivity index is 1.84. The maximum atomic E-state index is 14.1. The Morgan fingerprint density at radius 2 is 1.37 bits per heavy atom. The fraction of sp³-hybridized carbons (Fsp3) is 0.0800. The molecule has 2 N–H and O–H groups in total. The first kappa shape index (κ1) is 24.2. The Labute approximate surface area is 226 Å². The molecular weight excluding hydrogens is 620 g/mol. The largest absolute Gasteiger partial charge is 0.399 e. The highest BCUT2D eigenvalue weighted by Gasteiger charge is 2.47. The van der Waals surface area contributed by atoms with Gasteiger partial charge in [-0.2, -0.15) is 0 Å². The van der Waals surface area contributed by atoms with Crippen LogP contribution in [-0.2, 0) is 10.0 Å². The summed E-state index contributed by atoms with van der Waals surface area (Å²) in [7, 11) is -4.13. The van der Waals surface area contributed by atoms with E-state index in [9.17, 15) is 13.2 Å². The van der Waals surface area contributed by atoms with Gasteiger partial charge < -0.3 is 5.73 Å². The highest BCUT2D eigenvalue weighted by Crippen LogP contribution is 2.49. The van der Waals surface area contributed by atoms with Crippen molar-refractivity contribution in [3.63, 3.8) is 0 Å². The molecule has 0 bridgehead atoms. The SMILES string of the molecule is Nc1cccc(S(=O)(=O)N2c3ccc(I)c(=O)n3C(c3ccc(Cl)cc3)C2c2ccc(Cl)cc2)c1. The average Bonchev–Trinajstić information content (AvgIpc) is 3.19. The van der Waals surface area contributed by atoms with Crippen LogP contribution in [0.4, 0.5) is 11.5 Å². The van der Waals surface area contributed by atoms with Crippen molar-refractivity contribution in [2.75, 3.05) is 10.0 Å². The summed E-state index contributed by atoms with van der Waals surface area (Å²) in [5, 5.41) is 1.05. The summed E-state index contributed by atoms with van der Waals surface area (Å²) in [6.07, 6.45) is 0. The number of fused-ring (bicyclic) bond motifs is 1. The van der Waals surface area contributed by atoms with Crippen molar-refractivity contribution in [3.05, 3.63) is 120 Å². The molecular formula is C25H18Cl2IN3O3S. The van der Waals surface area contributed by atoms with Gasteiger partial charge >= 0.3 is 0 Å². The molecule has 0 aliphatic carbocycles. The van der Waals surface area contributed by atoms with E-state index in [0.717, 1.165) is 5.56 Å². The molecule has 178 valence electrons. The molecule has 0 saturated heterocycles. The maximum absolute atomic E-state index is 14.1. The second kappa shape index (κ2) is 9.16. The monoisotopic (exact) mass is 637 g/mol. The van der Waals surface area contributed by atoms with E-state index in [0.29, 0.717) is 24.9 Å². The van der Waals surface area contributed by atoms with E-state index in [-0.39, 0.29) is 16.3 Å². The van der Waals surface area contributed by atoms with Crippen LogP contribution < -0.4 is 15.6 Å². The van der Waals surface area contributed by atoms with Crippen molar-refractivity contribution in [3.8, 4) is 0 Å². The predicted octanol–water partition coefficient (Wildman–Crippen LogP) is 5.88. The average molecular weight is 638 g/mol. The number of hydrogen-bond donors (Lipinski definition) is 1. The van der Waals surface area contributed by atoms with Crippen molar-refractivity contribution in [1.82, 2.24) is 4.57 Å². The van der Waals surface area contributed by atoms with Gasteiger partial charge in [0.25, 0.3) is 15.6 Å². The third kappa shape index (κ3) is 4.22. The number of rotatable bonds is 4. The predicted molar refractivity (Wildman–Crippen MR) is 148 cm³/mol. The molecule has 4 aromatic rings. The molecule has 0 radical (unpaired) electrons. The van der Waals surface area contributed by atoms with Crippen molar-refractivity contribution >= 4 is 67.3 Å². The molecule has 1 aliphatic heterocycles. The van der Waals surface area contributed by atoms with Crippen LogP contribution >= 0.6 is 45.8 Å². The lowest BCUT2D eigenvalue weighted by Crippen LogP contribution is -2.33. The van der Waals surface area contributed by atoms with E-state index in [2.05, 4.69) is 0 Å². The number of nitrogen functional groups attached to an aromatic ring is 1. The molecule has 6 nitrogen and oxygen atoms in total. The quantitative estimate of drug-likeness (QED) is 0.224. The van der Waals surface area contributed by atoms with Gasteiger partial charge in [0.15, 0.2) is 0 Å². The van der Waals surface area contributed by atoms with Gasteiger partial charge in [-0.1, -0.05) is 53.5 Å². The molecule has 0 fully saturated rings. The summed E-state index contributed by atoms with van der Waals surface area (Å²) in [6, 6.07) is 22.0. The number of aromatic nitrogens is 1. The normalized spacial score (nSPS) is 17.4. The first-order chi connectivity index (χ1) is 16.7. The van der Waals surface area contributed by atoms with Crippen LogP contribution in [0.25, 0.3) is 0 Å². The van der Waals surface area contributed by atoms with Crippen LogP contribution in [0.2, 0.25) is 10.0 Å². The first-order valence-corrected chi connectivity index (χ1v) is 13.8. The number of pyridine rings is 1. The van der Waals surface area contributed by atoms with Gasteiger partial charge in [0, 0.05) is 15.7 Å². The number of benzene rings is 3. The summed E-state index contributed by atoms with van der Waals surface area (Å²) >= 11 is 14.3. The van der Waals surface area contributed by atoms with Crippen LogP contribution in [0, 0.1) is 3.57 Å². The highest BCUT2D eigenvalue weighted by molar-refractivity contribution is 14.1. The smallest absolute Gasteiger partial charge is 0.266 e. The summed E-state index contributed by atoms with van der Waals surface area (Å²) in [5.74, 6) is 0.262. The summed E-state index contributed by atoms with van der Waals surface area (Å²) in [6.45, 7) is 0. The van der Waals surface area contributed by atoms with Gasteiger partial charge in [-0.15, -0.1) is 0 Å². The fourth-order valence-electron chi connectivity index (χ4n) is 4.41. The molecule has 5 rings (SSSR count). The molecule has 3 aromatic carbocycles. The van der Waals surface area contributed by atoms with Crippen LogP contribution in [0.1, 0.15) is 23.2 Å². The molecule has 10 heteroatoms. The zero-order chi connectivity index (χ0) is 24.9. The van der Waals surface area contributed by atoms with E-state index < -0.39 is 22.1 Å². The number of nitrogens with two attached hydrogens (primary N) is 1. The lowest BCUT2D eigenvalue weighted by molar-refractivity contribution is 0.529. The van der Waals surface area contributed by atoms with E-state index in [4.69, 9.17) is 28.9 Å². The van der Waals surface area contributed by atoms with Crippen molar-refractivity contribution in [1.29, 1.82) is 0 Å². The summed E-state index contributed by atoms with van der Waals surface area (Å²) < 4.78 is 31.6.